The summed E-state index contributed by atoms with van der Waals surface area (Å²) in [4.78, 5) is 19.6. The second-order valence-electron chi connectivity index (χ2n) is 8.74. The van der Waals surface area contributed by atoms with Gasteiger partial charge in [-0.15, -0.1) is 0 Å². The molecule has 4 fully saturated rings. The van der Waals surface area contributed by atoms with Gasteiger partial charge < -0.3 is 9.42 Å². The number of hydrogen-bond acceptors (Lipinski definition) is 4. The molecule has 0 saturated heterocycles. The normalized spacial score (nSPS) is 32.0. The van der Waals surface area contributed by atoms with Crippen LogP contribution in [0.25, 0.3) is 11.4 Å². The Kier molecular flexibility index (Phi) is 3.66. The summed E-state index contributed by atoms with van der Waals surface area (Å²) in [6, 6.07) is 9.78. The van der Waals surface area contributed by atoms with Gasteiger partial charge in [-0.1, -0.05) is 35.5 Å². The molecule has 0 aliphatic heterocycles. The van der Waals surface area contributed by atoms with Crippen molar-refractivity contribution in [3.05, 3.63) is 36.2 Å². The molecule has 2 aromatic rings. The van der Waals surface area contributed by atoms with Crippen LogP contribution in [0.1, 0.15) is 44.4 Å². The van der Waals surface area contributed by atoms with E-state index < -0.39 is 0 Å². The lowest BCUT2D eigenvalue weighted by Crippen LogP contribution is -2.53. The van der Waals surface area contributed by atoms with E-state index >= 15 is 0 Å². The minimum atomic E-state index is -0.119. The monoisotopic (exact) mass is 351 g/mol. The summed E-state index contributed by atoms with van der Waals surface area (Å²) in [5.74, 6) is 3.68. The van der Waals surface area contributed by atoms with Crippen molar-refractivity contribution in [3.63, 3.8) is 0 Å². The fourth-order valence-corrected chi connectivity index (χ4v) is 6.08. The molecule has 4 aliphatic rings. The zero-order valence-electron chi connectivity index (χ0n) is 15.2. The number of benzene rings is 1. The van der Waals surface area contributed by atoms with E-state index in [0.717, 1.165) is 42.6 Å². The van der Waals surface area contributed by atoms with Gasteiger partial charge in [0, 0.05) is 12.6 Å². The molecule has 1 aromatic carbocycles. The number of aromatic nitrogens is 2. The lowest BCUT2D eigenvalue weighted by atomic mass is 9.49. The van der Waals surface area contributed by atoms with Gasteiger partial charge in [-0.05, 0) is 56.3 Å². The van der Waals surface area contributed by atoms with Crippen LogP contribution in [-0.4, -0.2) is 28.0 Å². The van der Waals surface area contributed by atoms with Crippen molar-refractivity contribution in [2.75, 3.05) is 7.05 Å². The summed E-state index contributed by atoms with van der Waals surface area (Å²) in [6.07, 6.45) is 7.30. The van der Waals surface area contributed by atoms with Crippen LogP contribution >= 0.6 is 0 Å². The Bertz CT molecular complexity index is 778. The summed E-state index contributed by atoms with van der Waals surface area (Å²) in [7, 11) is 1.88. The van der Waals surface area contributed by atoms with Crippen LogP contribution in [0.15, 0.2) is 34.9 Å². The lowest BCUT2D eigenvalue weighted by molar-refractivity contribution is -0.157. The molecule has 1 heterocycles. The predicted octanol–water partition coefficient (Wildman–Crippen LogP) is 3.91. The largest absolute Gasteiger partial charge is 0.337 e. The van der Waals surface area contributed by atoms with Gasteiger partial charge in [0.1, 0.15) is 0 Å². The Morgan fingerprint density at radius 3 is 2.35 bits per heavy atom. The molecule has 26 heavy (non-hydrogen) atoms. The summed E-state index contributed by atoms with van der Waals surface area (Å²) in [5.41, 5.74) is 0.809. The first-order chi connectivity index (χ1) is 12.6. The van der Waals surface area contributed by atoms with Gasteiger partial charge in [-0.3, -0.25) is 4.79 Å². The molecule has 1 amide bonds. The standard InChI is InChI=1S/C21H25N3O2/c1-24(13-18-22-19(23-26-18)17-5-3-2-4-6-17)20(25)21-10-14-7-15(11-21)9-16(8-14)12-21/h2-6,14-16H,7-13H2,1H3. The van der Waals surface area contributed by atoms with Crippen LogP contribution in [0.2, 0.25) is 0 Å². The Labute approximate surface area is 153 Å². The molecular formula is C21H25N3O2. The second kappa shape index (κ2) is 5.93. The maximum absolute atomic E-state index is 13.3. The van der Waals surface area contributed by atoms with Gasteiger partial charge in [0.25, 0.3) is 0 Å². The van der Waals surface area contributed by atoms with Crippen molar-refractivity contribution in [1.82, 2.24) is 15.0 Å². The zero-order valence-corrected chi connectivity index (χ0v) is 15.2. The molecule has 136 valence electrons. The number of nitrogens with zero attached hydrogens (tertiary/aromatic N) is 3. The molecule has 5 heteroatoms. The SMILES string of the molecule is CN(Cc1nc(-c2ccccc2)no1)C(=O)C12CC3CC(CC(C3)C1)C2. The number of rotatable bonds is 4. The average molecular weight is 351 g/mol. The third-order valence-electron chi connectivity index (χ3n) is 6.71. The van der Waals surface area contributed by atoms with E-state index in [-0.39, 0.29) is 11.3 Å². The van der Waals surface area contributed by atoms with Gasteiger partial charge >= 0.3 is 0 Å². The molecule has 4 aliphatic carbocycles. The van der Waals surface area contributed by atoms with Crippen molar-refractivity contribution in [3.8, 4) is 11.4 Å². The van der Waals surface area contributed by atoms with Crippen LogP contribution in [0.4, 0.5) is 0 Å². The summed E-state index contributed by atoms with van der Waals surface area (Å²) >= 11 is 0. The molecule has 5 nitrogen and oxygen atoms in total. The van der Waals surface area contributed by atoms with Crippen molar-refractivity contribution in [1.29, 1.82) is 0 Å². The van der Waals surface area contributed by atoms with Crippen LogP contribution < -0.4 is 0 Å². The Morgan fingerprint density at radius 1 is 1.12 bits per heavy atom. The number of hydrogen-bond donors (Lipinski definition) is 0. The molecule has 6 rings (SSSR count). The first kappa shape index (κ1) is 16.0. The van der Waals surface area contributed by atoms with Crippen LogP contribution in [0.3, 0.4) is 0 Å². The van der Waals surface area contributed by atoms with Crippen LogP contribution in [0.5, 0.6) is 0 Å². The van der Waals surface area contributed by atoms with E-state index in [9.17, 15) is 4.79 Å². The van der Waals surface area contributed by atoms with E-state index in [1.807, 2.05) is 42.3 Å². The quantitative estimate of drug-likeness (QED) is 0.838. The van der Waals surface area contributed by atoms with Gasteiger partial charge in [0.05, 0.1) is 12.0 Å². The first-order valence-electron chi connectivity index (χ1n) is 9.75. The van der Waals surface area contributed by atoms with Crippen molar-refractivity contribution in [2.24, 2.45) is 23.2 Å². The topological polar surface area (TPSA) is 59.2 Å². The number of carbonyl (C=O) groups is 1. The predicted molar refractivity (Wildman–Crippen MR) is 96.8 cm³/mol. The summed E-state index contributed by atoms with van der Waals surface area (Å²) in [5, 5.41) is 4.07. The van der Waals surface area contributed by atoms with Gasteiger partial charge in [0.15, 0.2) is 0 Å². The smallest absolute Gasteiger partial charge is 0.246 e. The molecule has 0 radical (unpaired) electrons. The Hall–Kier alpha value is -2.17. The van der Waals surface area contributed by atoms with Crippen LogP contribution in [-0.2, 0) is 11.3 Å². The van der Waals surface area contributed by atoms with Gasteiger partial charge in [0.2, 0.25) is 17.6 Å². The maximum Gasteiger partial charge on any atom is 0.246 e. The Morgan fingerprint density at radius 2 is 1.73 bits per heavy atom. The zero-order chi connectivity index (χ0) is 17.7. The molecule has 4 bridgehead atoms. The van der Waals surface area contributed by atoms with Crippen LogP contribution in [0, 0.1) is 23.2 Å². The highest BCUT2D eigenvalue weighted by Gasteiger charge is 2.55. The minimum Gasteiger partial charge on any atom is -0.337 e. The van der Waals surface area contributed by atoms with Crippen molar-refractivity contribution >= 4 is 5.91 Å². The van der Waals surface area contributed by atoms with E-state index in [4.69, 9.17) is 4.52 Å². The van der Waals surface area contributed by atoms with Gasteiger partial charge in [-0.25, -0.2) is 0 Å². The first-order valence-corrected chi connectivity index (χ1v) is 9.75. The average Bonchev–Trinajstić information content (AvgIpc) is 3.09. The Balaban J connectivity index is 1.31. The highest BCUT2D eigenvalue weighted by Crippen LogP contribution is 2.60. The molecule has 0 unspecified atom stereocenters. The van der Waals surface area contributed by atoms with E-state index in [2.05, 4.69) is 10.1 Å². The fraction of sp³-hybridized carbons (Fsp3) is 0.571. The highest BCUT2D eigenvalue weighted by atomic mass is 16.5. The van der Waals surface area contributed by atoms with Crippen molar-refractivity contribution in [2.45, 2.75) is 45.1 Å². The maximum atomic E-state index is 13.3. The summed E-state index contributed by atoms with van der Waals surface area (Å²) in [6.45, 7) is 0.389. The van der Waals surface area contributed by atoms with Crippen molar-refractivity contribution < 1.29 is 9.32 Å². The third-order valence-corrected chi connectivity index (χ3v) is 6.71. The third kappa shape index (κ3) is 2.65. The van der Waals surface area contributed by atoms with E-state index in [1.54, 1.807) is 0 Å². The molecule has 1 aromatic heterocycles. The number of amides is 1. The fourth-order valence-electron chi connectivity index (χ4n) is 6.08. The number of carbonyl (C=O) groups excluding carboxylic acids is 1. The van der Waals surface area contributed by atoms with E-state index in [0.29, 0.717) is 18.3 Å². The molecular weight excluding hydrogens is 326 g/mol. The molecule has 0 atom stereocenters. The molecule has 4 saturated carbocycles. The highest BCUT2D eigenvalue weighted by molar-refractivity contribution is 5.83. The molecule has 0 spiro atoms. The second-order valence-corrected chi connectivity index (χ2v) is 8.74. The van der Waals surface area contributed by atoms with E-state index in [1.165, 1.54) is 19.3 Å². The lowest BCUT2D eigenvalue weighted by Gasteiger charge is -2.56. The van der Waals surface area contributed by atoms with Gasteiger partial charge in [-0.2, -0.15) is 4.98 Å². The minimum absolute atomic E-state index is 0.119. The summed E-state index contributed by atoms with van der Waals surface area (Å²) < 4.78 is 5.40. The molecule has 0 N–H and O–H groups in total.